The van der Waals surface area contributed by atoms with E-state index in [1.54, 1.807) is 13.2 Å². The van der Waals surface area contributed by atoms with E-state index < -0.39 is 5.97 Å². The number of para-hydroxylation sites is 2. The zero-order valence-corrected chi connectivity index (χ0v) is 11.4. The lowest BCUT2D eigenvalue weighted by molar-refractivity contribution is -0.142. The number of methoxy groups -OCH3 is 2. The summed E-state index contributed by atoms with van der Waals surface area (Å²) in [6, 6.07) is 16.0. The molecule has 103 valence electrons. The number of hydrogen-bond donors (Lipinski definition) is 0. The van der Waals surface area contributed by atoms with Crippen LogP contribution in [0.3, 0.4) is 0 Å². The first-order chi connectivity index (χ1) is 9.76. The van der Waals surface area contributed by atoms with Crippen molar-refractivity contribution in [1.29, 1.82) is 0 Å². The Labute approximate surface area is 117 Å². The van der Waals surface area contributed by atoms with Gasteiger partial charge in [-0.2, -0.15) is 0 Å². The smallest absolute Gasteiger partial charge is 0.343 e. The van der Waals surface area contributed by atoms with Gasteiger partial charge in [-0.25, -0.2) is 4.79 Å². The Bertz CT molecular complexity index is 593. The van der Waals surface area contributed by atoms with Gasteiger partial charge in [-0.15, -0.1) is 0 Å². The van der Waals surface area contributed by atoms with Gasteiger partial charge in [-0.05, 0) is 6.07 Å². The van der Waals surface area contributed by atoms with Gasteiger partial charge in [0.1, 0.15) is 11.5 Å². The first-order valence-electron chi connectivity index (χ1n) is 6.10. The van der Waals surface area contributed by atoms with Crippen LogP contribution in [0.1, 0.15) is 0 Å². The molecule has 0 fully saturated rings. The predicted molar refractivity (Wildman–Crippen MR) is 74.8 cm³/mol. The van der Waals surface area contributed by atoms with Crippen LogP contribution in [-0.4, -0.2) is 26.8 Å². The zero-order valence-electron chi connectivity index (χ0n) is 11.4. The molecule has 0 spiro atoms. The maximum absolute atomic E-state index is 11.2. The van der Waals surface area contributed by atoms with Gasteiger partial charge in [0, 0.05) is 17.2 Å². The summed E-state index contributed by atoms with van der Waals surface area (Å²) in [4.78, 5) is 11.2. The van der Waals surface area contributed by atoms with E-state index in [0.717, 1.165) is 16.9 Å². The lowest BCUT2D eigenvalue weighted by Gasteiger charge is -2.13. The minimum Gasteiger partial charge on any atom is -0.496 e. The van der Waals surface area contributed by atoms with Crippen LogP contribution >= 0.6 is 0 Å². The molecule has 0 N–H and O–H groups in total. The molecule has 4 nitrogen and oxygen atoms in total. The van der Waals surface area contributed by atoms with E-state index in [4.69, 9.17) is 9.47 Å². The zero-order chi connectivity index (χ0) is 14.4. The second-order valence-corrected chi connectivity index (χ2v) is 3.98. The van der Waals surface area contributed by atoms with Gasteiger partial charge in [0.25, 0.3) is 0 Å². The van der Waals surface area contributed by atoms with Crippen LogP contribution in [0.4, 0.5) is 0 Å². The van der Waals surface area contributed by atoms with Gasteiger partial charge in [0.2, 0.25) is 0 Å². The Hall–Kier alpha value is -2.49. The molecule has 0 bridgehead atoms. The van der Waals surface area contributed by atoms with Crippen LogP contribution in [0.25, 0.3) is 11.1 Å². The van der Waals surface area contributed by atoms with Crippen molar-refractivity contribution in [3.63, 3.8) is 0 Å². The highest BCUT2D eigenvalue weighted by molar-refractivity contribution is 5.76. The Morgan fingerprint density at radius 1 is 1.10 bits per heavy atom. The summed E-state index contributed by atoms with van der Waals surface area (Å²) in [5, 5.41) is 0. The van der Waals surface area contributed by atoms with Gasteiger partial charge in [-0.3, -0.25) is 0 Å². The SMILES string of the molecule is COC(=O)COc1[c]cccc1-c1ccccc1OC. The van der Waals surface area contributed by atoms with Crippen LogP contribution < -0.4 is 9.47 Å². The Morgan fingerprint density at radius 3 is 2.60 bits per heavy atom. The van der Waals surface area contributed by atoms with Crippen molar-refractivity contribution in [3.05, 3.63) is 48.5 Å². The maximum Gasteiger partial charge on any atom is 0.343 e. The van der Waals surface area contributed by atoms with Crippen LogP contribution in [0.15, 0.2) is 42.5 Å². The quantitative estimate of drug-likeness (QED) is 0.784. The summed E-state index contributed by atoms with van der Waals surface area (Å²) in [7, 11) is 2.93. The van der Waals surface area contributed by atoms with E-state index >= 15 is 0 Å². The molecule has 2 rings (SSSR count). The highest BCUT2D eigenvalue weighted by Gasteiger charge is 2.12. The van der Waals surface area contributed by atoms with Crippen LogP contribution in [-0.2, 0) is 9.53 Å². The maximum atomic E-state index is 11.2. The van der Waals surface area contributed by atoms with Gasteiger partial charge < -0.3 is 14.2 Å². The van der Waals surface area contributed by atoms with Gasteiger partial charge in [0.05, 0.1) is 14.2 Å². The number of carbonyl (C=O) groups is 1. The first-order valence-corrected chi connectivity index (χ1v) is 6.10. The summed E-state index contributed by atoms with van der Waals surface area (Å²) in [5.74, 6) is 0.783. The van der Waals surface area contributed by atoms with Crippen molar-refractivity contribution >= 4 is 5.97 Å². The monoisotopic (exact) mass is 271 g/mol. The molecular weight excluding hydrogens is 256 g/mol. The number of rotatable bonds is 5. The van der Waals surface area contributed by atoms with Crippen LogP contribution in [0, 0.1) is 6.07 Å². The van der Waals surface area contributed by atoms with Crippen molar-refractivity contribution < 1.29 is 19.0 Å². The number of carbonyl (C=O) groups excluding carboxylic acids is 1. The highest BCUT2D eigenvalue weighted by Crippen LogP contribution is 2.35. The summed E-state index contributed by atoms with van der Waals surface area (Å²) in [6.45, 7) is -0.154. The fraction of sp³-hybridized carbons (Fsp3) is 0.188. The standard InChI is InChI=1S/C16H15O4/c1-18-14-9-5-3-7-12(14)13-8-4-6-10-15(13)20-11-16(17)19-2/h3-9H,11H2,1-2H3. The minimum absolute atomic E-state index is 0.154. The third-order valence-electron chi connectivity index (χ3n) is 2.78. The van der Waals surface area contributed by atoms with Crippen molar-refractivity contribution in [1.82, 2.24) is 0 Å². The molecule has 0 aromatic heterocycles. The summed E-state index contributed by atoms with van der Waals surface area (Å²) in [5.41, 5.74) is 1.69. The number of ether oxygens (including phenoxy) is 3. The average Bonchev–Trinajstić information content (AvgIpc) is 2.52. The second kappa shape index (κ2) is 6.61. The topological polar surface area (TPSA) is 44.8 Å². The molecule has 0 unspecified atom stereocenters. The molecule has 0 amide bonds. The number of hydrogen-bond acceptors (Lipinski definition) is 4. The first kappa shape index (κ1) is 13.9. The molecule has 2 aromatic rings. The molecule has 4 heteroatoms. The molecule has 0 atom stereocenters. The molecular formula is C16H15O4. The summed E-state index contributed by atoms with van der Waals surface area (Å²) >= 11 is 0. The average molecular weight is 271 g/mol. The third kappa shape index (κ3) is 3.09. The number of esters is 1. The molecule has 0 saturated carbocycles. The predicted octanol–water partition coefficient (Wildman–Crippen LogP) is 2.71. The van der Waals surface area contributed by atoms with Gasteiger partial charge in [0.15, 0.2) is 6.61 Å². The molecule has 0 aliphatic heterocycles. The van der Waals surface area contributed by atoms with E-state index in [-0.39, 0.29) is 6.61 Å². The summed E-state index contributed by atoms with van der Waals surface area (Å²) in [6.07, 6.45) is 0. The lowest BCUT2D eigenvalue weighted by atomic mass is 10.0. The Morgan fingerprint density at radius 2 is 1.85 bits per heavy atom. The van der Waals surface area contributed by atoms with Crippen molar-refractivity contribution in [2.75, 3.05) is 20.8 Å². The summed E-state index contributed by atoms with van der Waals surface area (Å²) < 4.78 is 15.4. The van der Waals surface area contributed by atoms with Crippen LogP contribution in [0.5, 0.6) is 11.5 Å². The van der Waals surface area contributed by atoms with E-state index in [1.165, 1.54) is 7.11 Å². The van der Waals surface area contributed by atoms with Gasteiger partial charge in [-0.1, -0.05) is 36.4 Å². The van der Waals surface area contributed by atoms with Gasteiger partial charge >= 0.3 is 5.97 Å². The molecule has 0 aliphatic rings. The molecule has 20 heavy (non-hydrogen) atoms. The molecule has 1 radical (unpaired) electrons. The van der Waals surface area contributed by atoms with Crippen molar-refractivity contribution in [3.8, 4) is 22.6 Å². The minimum atomic E-state index is -0.437. The molecule has 0 aliphatic carbocycles. The fourth-order valence-corrected chi connectivity index (χ4v) is 1.81. The second-order valence-electron chi connectivity index (χ2n) is 3.98. The highest BCUT2D eigenvalue weighted by atomic mass is 16.6. The van der Waals surface area contributed by atoms with E-state index in [1.807, 2.05) is 36.4 Å². The van der Waals surface area contributed by atoms with E-state index in [9.17, 15) is 4.79 Å². The van der Waals surface area contributed by atoms with Crippen molar-refractivity contribution in [2.45, 2.75) is 0 Å². The van der Waals surface area contributed by atoms with Crippen molar-refractivity contribution in [2.24, 2.45) is 0 Å². The van der Waals surface area contributed by atoms with E-state index in [0.29, 0.717) is 5.75 Å². The Balaban J connectivity index is 2.34. The third-order valence-corrected chi connectivity index (χ3v) is 2.78. The molecule has 0 saturated heterocycles. The molecule has 2 aromatic carbocycles. The largest absolute Gasteiger partial charge is 0.496 e. The Kier molecular flexibility index (Phi) is 4.60. The van der Waals surface area contributed by atoms with Crippen LogP contribution in [0.2, 0.25) is 0 Å². The number of benzene rings is 2. The van der Waals surface area contributed by atoms with E-state index in [2.05, 4.69) is 10.8 Å². The normalized spacial score (nSPS) is 9.90. The fourth-order valence-electron chi connectivity index (χ4n) is 1.81. The molecule has 0 heterocycles. The lowest BCUT2D eigenvalue weighted by Crippen LogP contribution is -2.13.